The van der Waals surface area contributed by atoms with Gasteiger partial charge in [-0.3, -0.25) is 9.88 Å². The van der Waals surface area contributed by atoms with Crippen molar-refractivity contribution in [3.63, 3.8) is 0 Å². The minimum atomic E-state index is -3.49. The highest BCUT2D eigenvalue weighted by Crippen LogP contribution is 2.49. The Morgan fingerprint density at radius 2 is 1.96 bits per heavy atom. The highest BCUT2D eigenvalue weighted by Gasteiger charge is 2.56. The average molecular weight is 373 g/mol. The summed E-state index contributed by atoms with van der Waals surface area (Å²) in [6, 6.07) is 11.4. The number of pyridine rings is 1. The van der Waals surface area contributed by atoms with E-state index in [-0.39, 0.29) is 0 Å². The van der Waals surface area contributed by atoms with Gasteiger partial charge in [0, 0.05) is 45.7 Å². The van der Waals surface area contributed by atoms with Gasteiger partial charge in [0.25, 0.3) is 0 Å². The molecule has 0 radical (unpaired) electrons. The molecular formula is C19H23N3O3S. The van der Waals surface area contributed by atoms with Crippen LogP contribution in [0, 0.1) is 0 Å². The minimum Gasteiger partial charge on any atom is -0.383 e. The molecule has 0 bridgehead atoms. The molecule has 0 aliphatic carbocycles. The lowest BCUT2D eigenvalue weighted by Gasteiger charge is -2.34. The average Bonchev–Trinajstić information content (AvgIpc) is 3.14. The second-order valence-electron chi connectivity index (χ2n) is 6.91. The maximum Gasteiger partial charge on any atom is 0.244 e. The molecule has 7 heteroatoms. The van der Waals surface area contributed by atoms with Gasteiger partial charge in [-0.05, 0) is 35.7 Å². The summed E-state index contributed by atoms with van der Waals surface area (Å²) in [4.78, 5) is 6.84. The SMILES string of the molecule is COCCN1[C@@]2(CCN(Cc3ccncc3)C2)c2ccccc2S1(=O)=O. The third-order valence-electron chi connectivity index (χ3n) is 5.41. The van der Waals surface area contributed by atoms with Crippen LogP contribution in [0.5, 0.6) is 0 Å². The van der Waals surface area contributed by atoms with Gasteiger partial charge >= 0.3 is 0 Å². The number of nitrogens with zero attached hydrogens (tertiary/aromatic N) is 3. The van der Waals surface area contributed by atoms with Crippen molar-refractivity contribution in [2.45, 2.75) is 23.4 Å². The van der Waals surface area contributed by atoms with E-state index in [9.17, 15) is 8.42 Å². The largest absolute Gasteiger partial charge is 0.383 e. The first kappa shape index (κ1) is 17.6. The molecule has 0 saturated carbocycles. The lowest BCUT2D eigenvalue weighted by atomic mass is 9.89. The Morgan fingerprint density at radius 3 is 2.73 bits per heavy atom. The first-order valence-electron chi connectivity index (χ1n) is 8.80. The van der Waals surface area contributed by atoms with E-state index in [0.717, 1.165) is 25.1 Å². The molecular weight excluding hydrogens is 350 g/mol. The van der Waals surface area contributed by atoms with Crippen LogP contribution in [0.3, 0.4) is 0 Å². The van der Waals surface area contributed by atoms with Crippen molar-refractivity contribution in [3.8, 4) is 0 Å². The van der Waals surface area contributed by atoms with E-state index in [4.69, 9.17) is 4.74 Å². The van der Waals surface area contributed by atoms with E-state index in [1.54, 1.807) is 35.9 Å². The van der Waals surface area contributed by atoms with Gasteiger partial charge in [-0.25, -0.2) is 8.42 Å². The van der Waals surface area contributed by atoms with Crippen LogP contribution in [-0.4, -0.2) is 56.0 Å². The van der Waals surface area contributed by atoms with Crippen LogP contribution in [0.1, 0.15) is 17.5 Å². The summed E-state index contributed by atoms with van der Waals surface area (Å²) in [5, 5.41) is 0. The molecule has 2 aliphatic rings. The zero-order chi connectivity index (χ0) is 18.2. The monoisotopic (exact) mass is 373 g/mol. The Hall–Kier alpha value is -1.80. The van der Waals surface area contributed by atoms with Crippen molar-refractivity contribution >= 4 is 10.0 Å². The number of fused-ring (bicyclic) bond motifs is 2. The lowest BCUT2D eigenvalue weighted by molar-refractivity contribution is 0.129. The van der Waals surface area contributed by atoms with E-state index in [0.29, 0.717) is 24.6 Å². The number of rotatable bonds is 5. The summed E-state index contributed by atoms with van der Waals surface area (Å²) in [6.07, 6.45) is 4.38. The van der Waals surface area contributed by atoms with E-state index < -0.39 is 15.6 Å². The standard InChI is InChI=1S/C19H23N3O3S/c1-25-13-12-22-19(17-4-2-3-5-18(17)26(22,23)24)8-11-21(15-19)14-16-6-9-20-10-7-16/h2-7,9-10H,8,11-15H2,1H3/t19-/m1/s1. The third-order valence-corrected chi connectivity index (χ3v) is 7.44. The van der Waals surface area contributed by atoms with Crippen molar-refractivity contribution in [2.24, 2.45) is 0 Å². The van der Waals surface area contributed by atoms with Gasteiger partial charge < -0.3 is 4.74 Å². The summed E-state index contributed by atoms with van der Waals surface area (Å²) in [6.45, 7) is 3.10. The van der Waals surface area contributed by atoms with Crippen LogP contribution in [-0.2, 0) is 26.8 Å². The van der Waals surface area contributed by atoms with Crippen LogP contribution >= 0.6 is 0 Å². The molecule has 0 N–H and O–H groups in total. The normalized spacial score (nSPS) is 25.0. The van der Waals surface area contributed by atoms with Crippen LogP contribution in [0.15, 0.2) is 53.7 Å². The molecule has 26 heavy (non-hydrogen) atoms. The molecule has 3 heterocycles. The molecule has 2 aliphatic heterocycles. The zero-order valence-electron chi connectivity index (χ0n) is 14.8. The molecule has 0 amide bonds. The fourth-order valence-corrected chi connectivity index (χ4v) is 6.29. The number of hydrogen-bond acceptors (Lipinski definition) is 5. The summed E-state index contributed by atoms with van der Waals surface area (Å²) >= 11 is 0. The maximum absolute atomic E-state index is 13.2. The number of hydrogen-bond donors (Lipinski definition) is 0. The molecule has 1 aromatic heterocycles. The molecule has 138 valence electrons. The molecule has 1 saturated heterocycles. The highest BCUT2D eigenvalue weighted by molar-refractivity contribution is 7.89. The third kappa shape index (κ3) is 2.75. The van der Waals surface area contributed by atoms with Gasteiger partial charge in [0.05, 0.1) is 17.0 Å². The maximum atomic E-state index is 13.2. The fourth-order valence-electron chi connectivity index (χ4n) is 4.24. The Bertz CT molecular complexity index is 888. The van der Waals surface area contributed by atoms with E-state index >= 15 is 0 Å². The Kier molecular flexibility index (Phi) is 4.56. The van der Waals surface area contributed by atoms with Crippen molar-refractivity contribution < 1.29 is 13.2 Å². The Balaban J connectivity index is 1.68. The summed E-state index contributed by atoms with van der Waals surface area (Å²) < 4.78 is 33.2. The van der Waals surface area contributed by atoms with E-state index in [1.807, 2.05) is 24.3 Å². The summed E-state index contributed by atoms with van der Waals surface area (Å²) in [5.74, 6) is 0. The minimum absolute atomic E-state index is 0.372. The van der Waals surface area contributed by atoms with Gasteiger partial charge in [0.1, 0.15) is 0 Å². The second-order valence-corrected chi connectivity index (χ2v) is 8.74. The molecule has 2 aromatic rings. The van der Waals surface area contributed by atoms with E-state index in [2.05, 4.69) is 9.88 Å². The molecule has 6 nitrogen and oxygen atoms in total. The van der Waals surface area contributed by atoms with Gasteiger partial charge in [-0.2, -0.15) is 4.31 Å². The lowest BCUT2D eigenvalue weighted by Crippen LogP contribution is -2.47. The first-order valence-corrected chi connectivity index (χ1v) is 10.2. The molecule has 1 atom stereocenters. The van der Waals surface area contributed by atoms with Crippen molar-refractivity contribution in [1.29, 1.82) is 0 Å². The summed E-state index contributed by atoms with van der Waals surface area (Å²) in [5.41, 5.74) is 1.61. The number of aromatic nitrogens is 1. The topological polar surface area (TPSA) is 62.7 Å². The van der Waals surface area contributed by atoms with Crippen LogP contribution in [0.25, 0.3) is 0 Å². The van der Waals surface area contributed by atoms with Crippen molar-refractivity contribution in [3.05, 3.63) is 59.9 Å². The predicted molar refractivity (Wildman–Crippen MR) is 98.0 cm³/mol. The number of methoxy groups -OCH3 is 1. The molecule has 1 aromatic carbocycles. The van der Waals surface area contributed by atoms with Crippen molar-refractivity contribution in [1.82, 2.24) is 14.2 Å². The van der Waals surface area contributed by atoms with Gasteiger partial charge in [0.2, 0.25) is 10.0 Å². The van der Waals surface area contributed by atoms with Crippen molar-refractivity contribution in [2.75, 3.05) is 33.4 Å². The van der Waals surface area contributed by atoms with Gasteiger partial charge in [-0.1, -0.05) is 18.2 Å². The van der Waals surface area contributed by atoms with Gasteiger partial charge in [0.15, 0.2) is 0 Å². The predicted octanol–water partition coefficient (Wildman–Crippen LogP) is 1.83. The zero-order valence-corrected chi connectivity index (χ0v) is 15.7. The number of ether oxygens (including phenoxy) is 1. The smallest absolute Gasteiger partial charge is 0.244 e. The fraction of sp³-hybridized carbons (Fsp3) is 0.421. The molecule has 1 fully saturated rings. The molecule has 1 spiro atoms. The molecule has 4 rings (SSSR count). The first-order chi connectivity index (χ1) is 12.6. The Labute approximate surface area is 154 Å². The van der Waals surface area contributed by atoms with Crippen LogP contribution < -0.4 is 0 Å². The second kappa shape index (κ2) is 6.74. The highest BCUT2D eigenvalue weighted by atomic mass is 32.2. The number of sulfonamides is 1. The number of likely N-dealkylation sites (tertiary alicyclic amines) is 1. The van der Waals surface area contributed by atoms with Gasteiger partial charge in [-0.15, -0.1) is 0 Å². The summed E-state index contributed by atoms with van der Waals surface area (Å²) in [7, 11) is -1.89. The number of benzene rings is 1. The quantitative estimate of drug-likeness (QED) is 0.800. The van der Waals surface area contributed by atoms with Crippen LogP contribution in [0.2, 0.25) is 0 Å². The Morgan fingerprint density at radius 1 is 1.19 bits per heavy atom. The van der Waals surface area contributed by atoms with Crippen LogP contribution in [0.4, 0.5) is 0 Å². The van der Waals surface area contributed by atoms with E-state index in [1.165, 1.54) is 5.56 Å². The molecule has 0 unspecified atom stereocenters.